The predicted molar refractivity (Wildman–Crippen MR) is 129 cm³/mol. The van der Waals surface area contributed by atoms with Gasteiger partial charge in [-0.05, 0) is 79.5 Å². The Morgan fingerprint density at radius 1 is 0.667 bits per heavy atom. The second kappa shape index (κ2) is 12.3. The fraction of sp³-hybridized carbons (Fsp3) is 0.467. The molecule has 0 aromatic heterocycles. The molecule has 1 aliphatic carbocycles. The highest BCUT2D eigenvalue weighted by atomic mass is 14.3. The molecule has 2 aromatic rings. The van der Waals surface area contributed by atoms with E-state index in [0.29, 0.717) is 0 Å². The third kappa shape index (κ3) is 7.11. The third-order valence-corrected chi connectivity index (χ3v) is 6.34. The van der Waals surface area contributed by atoms with E-state index in [1.807, 2.05) is 0 Å². The van der Waals surface area contributed by atoms with Crippen LogP contribution in [0, 0.1) is 29.6 Å². The third-order valence-electron chi connectivity index (χ3n) is 6.34. The van der Waals surface area contributed by atoms with E-state index in [4.69, 9.17) is 0 Å². The molecule has 0 amide bonds. The number of hydrogen-bond acceptors (Lipinski definition) is 0. The summed E-state index contributed by atoms with van der Waals surface area (Å²) in [5, 5.41) is 0. The van der Waals surface area contributed by atoms with E-state index >= 15 is 0 Å². The molecule has 0 radical (unpaired) electrons. The van der Waals surface area contributed by atoms with Gasteiger partial charge in [-0.25, -0.2) is 0 Å². The van der Waals surface area contributed by atoms with Gasteiger partial charge in [-0.1, -0.05) is 81.8 Å². The van der Waals surface area contributed by atoms with Crippen molar-refractivity contribution in [1.82, 2.24) is 0 Å². The van der Waals surface area contributed by atoms with Crippen molar-refractivity contribution in [2.45, 2.75) is 84.0 Å². The molecule has 1 aliphatic rings. The summed E-state index contributed by atoms with van der Waals surface area (Å²) in [6.07, 6.45) is 13.5. The molecule has 0 heterocycles. The minimum absolute atomic E-state index is 0.746. The maximum atomic E-state index is 3.31. The summed E-state index contributed by atoms with van der Waals surface area (Å²) in [5.41, 5.74) is 4.70. The van der Waals surface area contributed by atoms with Crippen molar-refractivity contribution in [1.29, 1.82) is 0 Å². The lowest BCUT2D eigenvalue weighted by Crippen LogP contribution is -2.13. The van der Waals surface area contributed by atoms with Gasteiger partial charge in [0.15, 0.2) is 0 Å². The summed E-state index contributed by atoms with van der Waals surface area (Å²) in [4.78, 5) is 0. The summed E-state index contributed by atoms with van der Waals surface area (Å²) in [6, 6.07) is 17.2. The number of unbranched alkanes of at least 4 members (excludes halogenated alkanes) is 3. The lowest BCUT2D eigenvalue weighted by atomic mass is 9.77. The van der Waals surface area contributed by atoms with Crippen molar-refractivity contribution in [3.05, 3.63) is 70.8 Å². The van der Waals surface area contributed by atoms with E-state index in [0.717, 1.165) is 34.9 Å². The molecule has 30 heavy (non-hydrogen) atoms. The largest absolute Gasteiger partial charge is 0.0982 e. The molecule has 0 bridgehead atoms. The SMILES string of the molecule is CCC#Cc1ccc(C#Cc2ccc(C3CCC(CCCCCC)CC3)cc2)cc1. The molecule has 1 saturated carbocycles. The van der Waals surface area contributed by atoms with Gasteiger partial charge in [-0.3, -0.25) is 0 Å². The Balaban J connectivity index is 1.49. The Labute approximate surface area is 184 Å². The smallest absolute Gasteiger partial charge is 0.0249 e. The molecule has 0 heteroatoms. The summed E-state index contributed by atoms with van der Waals surface area (Å²) in [7, 11) is 0. The Morgan fingerprint density at radius 3 is 1.80 bits per heavy atom. The van der Waals surface area contributed by atoms with Gasteiger partial charge >= 0.3 is 0 Å². The Hall–Kier alpha value is -2.44. The molecule has 156 valence electrons. The van der Waals surface area contributed by atoms with E-state index < -0.39 is 0 Å². The van der Waals surface area contributed by atoms with Gasteiger partial charge < -0.3 is 0 Å². The normalized spacial score (nSPS) is 18.1. The highest BCUT2D eigenvalue weighted by molar-refractivity contribution is 5.46. The average molecular weight is 397 g/mol. The lowest BCUT2D eigenvalue weighted by Gasteiger charge is -2.29. The zero-order valence-electron chi connectivity index (χ0n) is 18.8. The van der Waals surface area contributed by atoms with Crippen LogP contribution < -0.4 is 0 Å². The van der Waals surface area contributed by atoms with Gasteiger partial charge in [0.05, 0.1) is 0 Å². The summed E-state index contributed by atoms with van der Waals surface area (Å²) >= 11 is 0. The van der Waals surface area contributed by atoms with E-state index in [9.17, 15) is 0 Å². The molecule has 0 N–H and O–H groups in total. The minimum Gasteiger partial charge on any atom is -0.0982 e. The highest BCUT2D eigenvalue weighted by Crippen LogP contribution is 2.37. The first kappa shape index (κ1) is 22.2. The second-order valence-electron chi connectivity index (χ2n) is 8.67. The molecular weight excluding hydrogens is 360 g/mol. The molecule has 2 aromatic carbocycles. The maximum Gasteiger partial charge on any atom is 0.0249 e. The van der Waals surface area contributed by atoms with E-state index in [2.05, 4.69) is 86.1 Å². The first-order chi connectivity index (χ1) is 14.8. The number of benzene rings is 2. The van der Waals surface area contributed by atoms with Crippen LogP contribution in [0.4, 0.5) is 0 Å². The molecule has 1 fully saturated rings. The van der Waals surface area contributed by atoms with Crippen LogP contribution in [0.15, 0.2) is 48.5 Å². The zero-order chi connectivity index (χ0) is 21.0. The number of hydrogen-bond donors (Lipinski definition) is 0. The van der Waals surface area contributed by atoms with Crippen LogP contribution in [0.3, 0.4) is 0 Å². The summed E-state index contributed by atoms with van der Waals surface area (Å²) in [5.74, 6) is 14.6. The molecule has 0 unspecified atom stereocenters. The van der Waals surface area contributed by atoms with Crippen LogP contribution in [-0.4, -0.2) is 0 Å². The first-order valence-corrected chi connectivity index (χ1v) is 12.0. The fourth-order valence-electron chi connectivity index (χ4n) is 4.45. The van der Waals surface area contributed by atoms with Gasteiger partial charge in [0.2, 0.25) is 0 Å². The molecule has 0 nitrogen and oxygen atoms in total. The Kier molecular flexibility index (Phi) is 9.12. The van der Waals surface area contributed by atoms with Crippen molar-refractivity contribution < 1.29 is 0 Å². The second-order valence-corrected chi connectivity index (χ2v) is 8.67. The van der Waals surface area contributed by atoms with Crippen LogP contribution in [0.1, 0.15) is 106 Å². The van der Waals surface area contributed by atoms with E-state index in [1.165, 1.54) is 63.4 Å². The predicted octanol–water partition coefficient (Wildman–Crippen LogP) is 8.09. The maximum absolute atomic E-state index is 3.31. The van der Waals surface area contributed by atoms with Gasteiger partial charge in [0, 0.05) is 23.1 Å². The average Bonchev–Trinajstić information content (AvgIpc) is 2.81. The van der Waals surface area contributed by atoms with Crippen molar-refractivity contribution in [2.75, 3.05) is 0 Å². The van der Waals surface area contributed by atoms with Crippen LogP contribution in [0.5, 0.6) is 0 Å². The fourth-order valence-corrected chi connectivity index (χ4v) is 4.45. The monoisotopic (exact) mass is 396 g/mol. The Morgan fingerprint density at radius 2 is 1.23 bits per heavy atom. The van der Waals surface area contributed by atoms with Gasteiger partial charge in [-0.15, -0.1) is 0 Å². The summed E-state index contributed by atoms with van der Waals surface area (Å²) in [6.45, 7) is 4.36. The van der Waals surface area contributed by atoms with Crippen molar-refractivity contribution in [3.63, 3.8) is 0 Å². The molecule has 0 atom stereocenters. The van der Waals surface area contributed by atoms with Crippen molar-refractivity contribution in [2.24, 2.45) is 5.92 Å². The van der Waals surface area contributed by atoms with Gasteiger partial charge in [-0.2, -0.15) is 0 Å². The van der Waals surface area contributed by atoms with Gasteiger partial charge in [0.25, 0.3) is 0 Å². The molecule has 0 saturated heterocycles. The molecule has 0 aliphatic heterocycles. The van der Waals surface area contributed by atoms with Crippen LogP contribution >= 0.6 is 0 Å². The van der Waals surface area contributed by atoms with Gasteiger partial charge in [0.1, 0.15) is 0 Å². The van der Waals surface area contributed by atoms with Crippen LogP contribution in [0.25, 0.3) is 0 Å². The minimum atomic E-state index is 0.746. The zero-order valence-corrected chi connectivity index (χ0v) is 18.8. The topological polar surface area (TPSA) is 0 Å². The quantitative estimate of drug-likeness (QED) is 0.342. The molecule has 0 spiro atoms. The van der Waals surface area contributed by atoms with Crippen LogP contribution in [0.2, 0.25) is 0 Å². The summed E-state index contributed by atoms with van der Waals surface area (Å²) < 4.78 is 0. The molecule has 3 rings (SSSR count). The standard InChI is InChI=1S/C30H36/c1-3-5-7-8-10-26-17-21-29(22-18-26)30-23-19-28(20-24-30)16-15-27-13-11-25(12-14-27)9-6-4-2/h11-14,19-20,23-24,26,29H,3-5,7-8,10,17-18,21-22H2,1-2H3. The first-order valence-electron chi connectivity index (χ1n) is 12.0. The lowest BCUT2D eigenvalue weighted by molar-refractivity contribution is 0.302. The van der Waals surface area contributed by atoms with Crippen LogP contribution in [-0.2, 0) is 0 Å². The number of rotatable bonds is 6. The van der Waals surface area contributed by atoms with E-state index in [1.54, 1.807) is 0 Å². The van der Waals surface area contributed by atoms with Crippen molar-refractivity contribution in [3.8, 4) is 23.7 Å². The van der Waals surface area contributed by atoms with E-state index in [-0.39, 0.29) is 0 Å². The Bertz CT molecular complexity index is 870. The van der Waals surface area contributed by atoms with Crippen molar-refractivity contribution >= 4 is 0 Å². The molecular formula is C30H36. The highest BCUT2D eigenvalue weighted by Gasteiger charge is 2.21.